The van der Waals surface area contributed by atoms with Crippen LogP contribution in [-0.2, 0) is 6.42 Å². The fraction of sp³-hybridized carbons (Fsp3) is 0.429. The molecule has 0 atom stereocenters. The minimum atomic E-state index is -4.26. The lowest BCUT2D eigenvalue weighted by Crippen LogP contribution is -2.14. The number of nitrogens with one attached hydrogen (secondary N) is 1. The van der Waals surface area contributed by atoms with E-state index in [0.29, 0.717) is 0 Å². The highest BCUT2D eigenvalue weighted by atomic mass is 79.9. The van der Waals surface area contributed by atoms with Gasteiger partial charge in [-0.25, -0.2) is 9.97 Å². The largest absolute Gasteiger partial charge is 0.394 e. The van der Waals surface area contributed by atoms with Crippen molar-refractivity contribution in [2.45, 2.75) is 12.6 Å². The summed E-state index contributed by atoms with van der Waals surface area (Å²) in [5, 5.41) is 2.57. The third kappa shape index (κ3) is 3.13. The van der Waals surface area contributed by atoms with Crippen molar-refractivity contribution < 1.29 is 13.2 Å². The number of hydrogen-bond donors (Lipinski definition) is 1. The summed E-state index contributed by atoms with van der Waals surface area (Å²) in [6, 6.07) is 0. The molecule has 7 heteroatoms. The first kappa shape index (κ1) is 11.2. The van der Waals surface area contributed by atoms with Crippen LogP contribution in [0.1, 0.15) is 5.69 Å². The lowest BCUT2D eigenvalue weighted by molar-refractivity contribution is -0.127. The molecule has 0 aromatic carbocycles. The first-order valence-corrected chi connectivity index (χ1v) is 4.47. The van der Waals surface area contributed by atoms with E-state index < -0.39 is 12.6 Å². The third-order valence-corrected chi connectivity index (χ3v) is 2.07. The molecule has 0 aliphatic carbocycles. The van der Waals surface area contributed by atoms with E-state index in [1.54, 1.807) is 7.05 Å². The molecule has 14 heavy (non-hydrogen) atoms. The average molecular weight is 270 g/mol. The van der Waals surface area contributed by atoms with Crippen molar-refractivity contribution in [3.63, 3.8) is 0 Å². The van der Waals surface area contributed by atoms with Crippen LogP contribution < -0.4 is 5.32 Å². The minimum absolute atomic E-state index is 0.0724. The lowest BCUT2D eigenvalue weighted by atomic mass is 10.3. The van der Waals surface area contributed by atoms with E-state index in [-0.39, 0.29) is 16.1 Å². The van der Waals surface area contributed by atoms with Crippen LogP contribution in [0.3, 0.4) is 0 Å². The van der Waals surface area contributed by atoms with Gasteiger partial charge in [0.25, 0.3) is 0 Å². The van der Waals surface area contributed by atoms with E-state index in [4.69, 9.17) is 0 Å². The molecule has 1 rings (SSSR count). The normalized spacial score (nSPS) is 11.5. The monoisotopic (exact) mass is 269 g/mol. The molecule has 0 saturated carbocycles. The molecule has 1 aromatic heterocycles. The quantitative estimate of drug-likeness (QED) is 0.896. The Kier molecular flexibility index (Phi) is 3.30. The molecule has 0 bridgehead atoms. The highest BCUT2D eigenvalue weighted by Gasteiger charge is 2.29. The average Bonchev–Trinajstić information content (AvgIpc) is 2.06. The zero-order chi connectivity index (χ0) is 10.8. The first-order chi connectivity index (χ1) is 6.42. The zero-order valence-electron chi connectivity index (χ0n) is 7.19. The second kappa shape index (κ2) is 4.12. The predicted molar refractivity (Wildman–Crippen MR) is 49.0 cm³/mol. The first-order valence-electron chi connectivity index (χ1n) is 3.68. The Morgan fingerprint density at radius 2 is 2.14 bits per heavy atom. The van der Waals surface area contributed by atoms with Gasteiger partial charge in [-0.15, -0.1) is 0 Å². The Morgan fingerprint density at radius 3 is 2.64 bits per heavy atom. The number of nitrogens with zero attached hydrogens (tertiary/aromatic N) is 2. The van der Waals surface area contributed by atoms with Crippen LogP contribution >= 0.6 is 15.9 Å². The standard InChI is InChI=1S/C7H7BrF3N3/c1-12-6-13-3-4(8)5(14-6)2-7(9,10)11/h3H,2H2,1H3,(H,12,13,14). The van der Waals surface area contributed by atoms with Gasteiger partial charge in [-0.3, -0.25) is 0 Å². The van der Waals surface area contributed by atoms with Crippen molar-refractivity contribution in [1.29, 1.82) is 0 Å². The van der Waals surface area contributed by atoms with Crippen molar-refractivity contribution in [1.82, 2.24) is 9.97 Å². The Bertz CT molecular complexity index is 326. The Hall–Kier alpha value is -0.850. The van der Waals surface area contributed by atoms with Crippen molar-refractivity contribution in [2.24, 2.45) is 0 Å². The third-order valence-electron chi connectivity index (χ3n) is 1.41. The van der Waals surface area contributed by atoms with Crippen LogP contribution in [0.5, 0.6) is 0 Å². The van der Waals surface area contributed by atoms with E-state index in [2.05, 4.69) is 31.2 Å². The summed E-state index contributed by atoms with van der Waals surface area (Å²) in [7, 11) is 1.54. The Morgan fingerprint density at radius 1 is 1.50 bits per heavy atom. The molecule has 0 aliphatic rings. The van der Waals surface area contributed by atoms with Crippen LogP contribution in [0.15, 0.2) is 10.7 Å². The van der Waals surface area contributed by atoms with Crippen LogP contribution in [0.2, 0.25) is 0 Å². The van der Waals surface area contributed by atoms with Gasteiger partial charge in [-0.1, -0.05) is 0 Å². The fourth-order valence-corrected chi connectivity index (χ4v) is 1.17. The van der Waals surface area contributed by atoms with Crippen molar-refractivity contribution in [3.05, 3.63) is 16.4 Å². The van der Waals surface area contributed by atoms with Crippen LogP contribution in [0.25, 0.3) is 0 Å². The van der Waals surface area contributed by atoms with Crippen LogP contribution in [-0.4, -0.2) is 23.2 Å². The molecule has 0 saturated heterocycles. The molecule has 0 amide bonds. The molecule has 0 unspecified atom stereocenters. The van der Waals surface area contributed by atoms with Gasteiger partial charge < -0.3 is 5.32 Å². The minimum Gasteiger partial charge on any atom is -0.357 e. The summed E-state index contributed by atoms with van der Waals surface area (Å²) in [4.78, 5) is 7.44. The van der Waals surface area contributed by atoms with E-state index in [9.17, 15) is 13.2 Å². The molecule has 0 spiro atoms. The smallest absolute Gasteiger partial charge is 0.357 e. The second-order valence-corrected chi connectivity index (χ2v) is 3.38. The summed E-state index contributed by atoms with van der Waals surface area (Å²) in [5.74, 6) is 0.174. The van der Waals surface area contributed by atoms with E-state index in [1.807, 2.05) is 0 Å². The van der Waals surface area contributed by atoms with E-state index >= 15 is 0 Å². The topological polar surface area (TPSA) is 37.8 Å². The number of anilines is 1. The summed E-state index contributed by atoms with van der Waals surface area (Å²) >= 11 is 2.96. The zero-order valence-corrected chi connectivity index (χ0v) is 8.78. The van der Waals surface area contributed by atoms with Gasteiger partial charge in [0.1, 0.15) is 0 Å². The highest BCUT2D eigenvalue weighted by Crippen LogP contribution is 2.25. The van der Waals surface area contributed by atoms with Crippen molar-refractivity contribution in [2.75, 3.05) is 12.4 Å². The van der Waals surface area contributed by atoms with Gasteiger partial charge in [0.15, 0.2) is 0 Å². The second-order valence-electron chi connectivity index (χ2n) is 2.53. The number of hydrogen-bond acceptors (Lipinski definition) is 3. The van der Waals surface area contributed by atoms with Gasteiger partial charge in [0.05, 0.1) is 16.6 Å². The maximum Gasteiger partial charge on any atom is 0.394 e. The van der Waals surface area contributed by atoms with Gasteiger partial charge >= 0.3 is 6.18 Å². The SMILES string of the molecule is CNc1ncc(Br)c(CC(F)(F)F)n1. The van der Waals surface area contributed by atoms with Gasteiger partial charge in [0, 0.05) is 13.2 Å². The van der Waals surface area contributed by atoms with Crippen molar-refractivity contribution in [3.8, 4) is 0 Å². The maximum absolute atomic E-state index is 12.1. The molecule has 1 N–H and O–H groups in total. The molecule has 3 nitrogen and oxygen atoms in total. The maximum atomic E-state index is 12.1. The summed E-state index contributed by atoms with van der Waals surface area (Å²) in [6.07, 6.45) is -4.04. The predicted octanol–water partition coefficient (Wildman–Crippen LogP) is 2.39. The fourth-order valence-electron chi connectivity index (χ4n) is 0.837. The number of aromatic nitrogens is 2. The van der Waals surface area contributed by atoms with E-state index in [1.165, 1.54) is 6.20 Å². The molecule has 1 heterocycles. The van der Waals surface area contributed by atoms with Gasteiger partial charge in [-0.05, 0) is 15.9 Å². The molecular formula is C7H7BrF3N3. The molecule has 0 radical (unpaired) electrons. The summed E-state index contributed by atoms with van der Waals surface area (Å²) < 4.78 is 36.4. The van der Waals surface area contributed by atoms with Gasteiger partial charge in [0.2, 0.25) is 5.95 Å². The number of alkyl halides is 3. The Labute approximate surface area is 86.9 Å². The molecule has 0 aliphatic heterocycles. The number of halogens is 4. The summed E-state index contributed by atoms with van der Waals surface area (Å²) in [5.41, 5.74) is -0.0724. The highest BCUT2D eigenvalue weighted by molar-refractivity contribution is 9.10. The molecule has 1 aromatic rings. The summed E-state index contributed by atoms with van der Waals surface area (Å²) in [6.45, 7) is 0. The van der Waals surface area contributed by atoms with Gasteiger partial charge in [-0.2, -0.15) is 13.2 Å². The molecule has 78 valence electrons. The lowest BCUT2D eigenvalue weighted by Gasteiger charge is -2.08. The van der Waals surface area contributed by atoms with Crippen LogP contribution in [0.4, 0.5) is 19.1 Å². The number of rotatable bonds is 2. The van der Waals surface area contributed by atoms with E-state index in [0.717, 1.165) is 0 Å². The molecular weight excluding hydrogens is 263 g/mol. The molecule has 0 fully saturated rings. The Balaban J connectivity index is 2.95. The van der Waals surface area contributed by atoms with Crippen molar-refractivity contribution >= 4 is 21.9 Å². The van der Waals surface area contributed by atoms with Crippen LogP contribution in [0, 0.1) is 0 Å².